The average Bonchev–Trinajstić information content (AvgIpc) is 3.03. The van der Waals surface area contributed by atoms with Gasteiger partial charge in [-0.25, -0.2) is 0 Å². The molecule has 0 unspecified atom stereocenters. The largest absolute Gasteiger partial charge is 0.486 e. The second-order valence-corrected chi connectivity index (χ2v) is 12.3. The van der Waals surface area contributed by atoms with Gasteiger partial charge in [-0.05, 0) is 73.4 Å². The molecule has 8 heteroatoms. The van der Waals surface area contributed by atoms with E-state index in [1.165, 1.54) is 22.8 Å². The van der Waals surface area contributed by atoms with Gasteiger partial charge in [0, 0.05) is 49.9 Å². The summed E-state index contributed by atoms with van der Waals surface area (Å²) in [6, 6.07) is 24.7. The van der Waals surface area contributed by atoms with Gasteiger partial charge in [0.25, 0.3) is 0 Å². The topological polar surface area (TPSA) is 88.0 Å². The van der Waals surface area contributed by atoms with Crippen molar-refractivity contribution in [2.24, 2.45) is 5.92 Å². The molecular weight excluding hydrogens is 540 g/mol. The summed E-state index contributed by atoms with van der Waals surface area (Å²) in [7, 11) is 0. The van der Waals surface area contributed by atoms with E-state index in [1.54, 1.807) is 12.1 Å². The van der Waals surface area contributed by atoms with Crippen LogP contribution in [0.1, 0.15) is 57.4 Å². The lowest BCUT2D eigenvalue weighted by molar-refractivity contribution is -0.385. The standard InChI is InChI=1S/C35H44N4O4/c1-26(2)25-43-34-24-32(12-13-33(34)39(41)42)36-31-16-22-38(23-17-31)35(40)18-21-37-19-14-30(15-20-37)29-10-8-28(9-11-29)27-6-4-3-5-7-27/h3-13,24,26,30-31,36H,14-23,25H2,1-2H3. The Labute approximate surface area is 255 Å². The van der Waals surface area contributed by atoms with Gasteiger partial charge >= 0.3 is 5.69 Å². The number of nitro benzene ring substituents is 1. The number of anilines is 1. The minimum Gasteiger partial charge on any atom is -0.486 e. The molecule has 2 saturated heterocycles. The Balaban J connectivity index is 1.03. The van der Waals surface area contributed by atoms with Crippen LogP contribution in [0.4, 0.5) is 11.4 Å². The highest BCUT2D eigenvalue weighted by Gasteiger charge is 2.25. The molecule has 0 atom stereocenters. The van der Waals surface area contributed by atoms with Crippen molar-refractivity contribution in [1.29, 1.82) is 0 Å². The lowest BCUT2D eigenvalue weighted by atomic mass is 9.88. The zero-order chi connectivity index (χ0) is 30.2. The van der Waals surface area contributed by atoms with E-state index in [1.807, 2.05) is 24.8 Å². The molecule has 2 aliphatic heterocycles. The van der Waals surface area contributed by atoms with Crippen LogP contribution in [0.2, 0.25) is 0 Å². The van der Waals surface area contributed by atoms with Gasteiger partial charge in [0.1, 0.15) is 0 Å². The number of nitrogens with zero attached hydrogens (tertiary/aromatic N) is 3. The number of nitrogens with one attached hydrogen (secondary N) is 1. The Morgan fingerprint density at radius 1 is 0.930 bits per heavy atom. The molecule has 43 heavy (non-hydrogen) atoms. The van der Waals surface area contributed by atoms with Crippen molar-refractivity contribution in [3.05, 3.63) is 88.5 Å². The zero-order valence-corrected chi connectivity index (χ0v) is 25.4. The highest BCUT2D eigenvalue weighted by Crippen LogP contribution is 2.32. The van der Waals surface area contributed by atoms with Gasteiger partial charge in [-0.3, -0.25) is 14.9 Å². The summed E-state index contributed by atoms with van der Waals surface area (Å²) < 4.78 is 5.72. The third-order valence-corrected chi connectivity index (χ3v) is 8.67. The number of nitro groups is 1. The molecule has 228 valence electrons. The summed E-state index contributed by atoms with van der Waals surface area (Å²) in [5.74, 6) is 1.38. The van der Waals surface area contributed by atoms with Gasteiger partial charge in [-0.1, -0.05) is 68.4 Å². The SMILES string of the molecule is CC(C)COc1cc(NC2CCN(C(=O)CCN3CCC(c4ccc(-c5ccccc5)cc4)CC3)CC2)ccc1[N+](=O)[O-]. The lowest BCUT2D eigenvalue weighted by Gasteiger charge is -2.35. The minimum atomic E-state index is -0.406. The van der Waals surface area contributed by atoms with E-state index in [0.717, 1.165) is 64.1 Å². The number of likely N-dealkylation sites (tertiary alicyclic amines) is 2. The first-order valence-electron chi connectivity index (χ1n) is 15.7. The Bertz CT molecular complexity index is 1350. The summed E-state index contributed by atoms with van der Waals surface area (Å²) in [6.45, 7) is 8.77. The number of rotatable bonds is 11. The molecule has 8 nitrogen and oxygen atoms in total. The van der Waals surface area contributed by atoms with Crippen molar-refractivity contribution in [2.45, 2.75) is 57.9 Å². The number of amides is 1. The molecule has 0 aromatic heterocycles. The number of hydrogen-bond acceptors (Lipinski definition) is 6. The highest BCUT2D eigenvalue weighted by atomic mass is 16.6. The first-order valence-corrected chi connectivity index (χ1v) is 15.7. The zero-order valence-electron chi connectivity index (χ0n) is 25.4. The fraction of sp³-hybridized carbons (Fsp3) is 0.457. The monoisotopic (exact) mass is 584 g/mol. The van der Waals surface area contributed by atoms with E-state index in [4.69, 9.17) is 4.74 Å². The van der Waals surface area contributed by atoms with Gasteiger partial charge in [0.05, 0.1) is 11.5 Å². The van der Waals surface area contributed by atoms with Crippen LogP contribution in [0.25, 0.3) is 11.1 Å². The summed E-state index contributed by atoms with van der Waals surface area (Å²) >= 11 is 0. The quantitative estimate of drug-likeness (QED) is 0.193. The Hall–Kier alpha value is -3.91. The van der Waals surface area contributed by atoms with Crippen LogP contribution in [-0.2, 0) is 4.79 Å². The molecule has 1 N–H and O–H groups in total. The van der Waals surface area contributed by atoms with E-state index in [9.17, 15) is 14.9 Å². The molecule has 0 bridgehead atoms. The molecule has 5 rings (SSSR count). The molecule has 0 spiro atoms. The predicted octanol–water partition coefficient (Wildman–Crippen LogP) is 6.97. The maximum atomic E-state index is 13.0. The lowest BCUT2D eigenvalue weighted by Crippen LogP contribution is -2.43. The van der Waals surface area contributed by atoms with Crippen molar-refractivity contribution >= 4 is 17.3 Å². The minimum absolute atomic E-state index is 0.0201. The average molecular weight is 585 g/mol. The van der Waals surface area contributed by atoms with Gasteiger partial charge < -0.3 is 19.9 Å². The van der Waals surface area contributed by atoms with Crippen molar-refractivity contribution in [2.75, 3.05) is 44.6 Å². The Morgan fingerprint density at radius 2 is 1.60 bits per heavy atom. The van der Waals surface area contributed by atoms with Crippen LogP contribution in [0.15, 0.2) is 72.8 Å². The molecule has 3 aromatic rings. The maximum Gasteiger partial charge on any atom is 0.311 e. The maximum absolute atomic E-state index is 13.0. The van der Waals surface area contributed by atoms with Gasteiger partial charge in [0.15, 0.2) is 5.75 Å². The van der Waals surface area contributed by atoms with Gasteiger partial charge in [-0.15, -0.1) is 0 Å². The highest BCUT2D eigenvalue weighted by molar-refractivity contribution is 5.76. The van der Waals surface area contributed by atoms with E-state index in [0.29, 0.717) is 24.7 Å². The molecule has 2 heterocycles. The summed E-state index contributed by atoms with van der Waals surface area (Å²) in [6.07, 6.45) is 4.51. The van der Waals surface area contributed by atoms with E-state index in [-0.39, 0.29) is 23.6 Å². The molecule has 3 aromatic carbocycles. The fourth-order valence-electron chi connectivity index (χ4n) is 6.12. The molecule has 0 aliphatic carbocycles. The van der Waals surface area contributed by atoms with Crippen LogP contribution in [0.5, 0.6) is 5.75 Å². The van der Waals surface area contributed by atoms with Crippen molar-refractivity contribution < 1.29 is 14.5 Å². The smallest absolute Gasteiger partial charge is 0.311 e. The molecule has 1 amide bonds. The third-order valence-electron chi connectivity index (χ3n) is 8.67. The molecule has 0 saturated carbocycles. The molecule has 0 radical (unpaired) electrons. The van der Waals surface area contributed by atoms with E-state index < -0.39 is 4.92 Å². The summed E-state index contributed by atoms with van der Waals surface area (Å²) in [4.78, 5) is 28.4. The first-order chi connectivity index (χ1) is 20.9. The summed E-state index contributed by atoms with van der Waals surface area (Å²) in [5.41, 5.74) is 4.71. The van der Waals surface area contributed by atoms with Crippen LogP contribution >= 0.6 is 0 Å². The van der Waals surface area contributed by atoms with Gasteiger partial charge in [-0.2, -0.15) is 0 Å². The van der Waals surface area contributed by atoms with Crippen molar-refractivity contribution in [3.63, 3.8) is 0 Å². The first kappa shape index (κ1) is 30.5. The number of piperidine rings is 2. The van der Waals surface area contributed by atoms with E-state index in [2.05, 4.69) is 58.7 Å². The van der Waals surface area contributed by atoms with Crippen molar-refractivity contribution in [1.82, 2.24) is 9.80 Å². The number of ether oxygens (including phenoxy) is 1. The number of hydrogen-bond donors (Lipinski definition) is 1. The van der Waals surface area contributed by atoms with Crippen LogP contribution in [0, 0.1) is 16.0 Å². The van der Waals surface area contributed by atoms with Crippen LogP contribution in [0.3, 0.4) is 0 Å². The second kappa shape index (κ2) is 14.5. The second-order valence-electron chi connectivity index (χ2n) is 12.3. The third kappa shape index (κ3) is 8.35. The molecule has 2 fully saturated rings. The predicted molar refractivity (Wildman–Crippen MR) is 172 cm³/mol. The molecule has 2 aliphatic rings. The summed E-state index contributed by atoms with van der Waals surface area (Å²) in [5, 5.41) is 14.9. The Kier molecular flexibility index (Phi) is 10.3. The van der Waals surface area contributed by atoms with Crippen LogP contribution in [-0.4, -0.2) is 66.0 Å². The van der Waals surface area contributed by atoms with Crippen molar-refractivity contribution in [3.8, 4) is 16.9 Å². The Morgan fingerprint density at radius 3 is 2.26 bits per heavy atom. The number of carbonyl (C=O) groups excluding carboxylic acids is 1. The molecular formula is C35H44N4O4. The number of benzene rings is 3. The fourth-order valence-corrected chi connectivity index (χ4v) is 6.12. The van der Waals surface area contributed by atoms with Gasteiger partial charge in [0.2, 0.25) is 5.91 Å². The normalized spacial score (nSPS) is 16.8. The van der Waals surface area contributed by atoms with E-state index >= 15 is 0 Å². The van der Waals surface area contributed by atoms with Crippen LogP contribution < -0.4 is 10.1 Å². The number of carbonyl (C=O) groups is 1.